The van der Waals surface area contributed by atoms with Crippen molar-refractivity contribution in [3.8, 4) is 0 Å². The highest BCUT2D eigenvalue weighted by Crippen LogP contribution is 2.28. The van der Waals surface area contributed by atoms with Crippen molar-refractivity contribution in [2.75, 3.05) is 13.1 Å². The van der Waals surface area contributed by atoms with Gasteiger partial charge in [0, 0.05) is 49.6 Å². The molecule has 1 amide bonds. The van der Waals surface area contributed by atoms with Crippen LogP contribution in [0, 0.1) is 0 Å². The summed E-state index contributed by atoms with van der Waals surface area (Å²) < 4.78 is 3.20. The molecule has 3 aromatic heterocycles. The van der Waals surface area contributed by atoms with Crippen LogP contribution in [-0.4, -0.2) is 48.3 Å². The zero-order valence-electron chi connectivity index (χ0n) is 16.0. The van der Waals surface area contributed by atoms with E-state index in [1.54, 1.807) is 28.5 Å². The van der Waals surface area contributed by atoms with Crippen molar-refractivity contribution in [1.82, 2.24) is 29.3 Å². The number of piperidine rings is 1. The van der Waals surface area contributed by atoms with Gasteiger partial charge in [0.15, 0.2) is 5.65 Å². The Bertz CT molecular complexity index is 1110. The van der Waals surface area contributed by atoms with Crippen LogP contribution < -0.4 is 5.56 Å². The molecule has 5 rings (SSSR count). The van der Waals surface area contributed by atoms with Gasteiger partial charge in [0.05, 0.1) is 5.69 Å². The first-order chi connectivity index (χ1) is 13.6. The molecule has 1 fully saturated rings. The Kier molecular flexibility index (Phi) is 4.07. The first-order valence-corrected chi connectivity index (χ1v) is 10.0. The van der Waals surface area contributed by atoms with Crippen LogP contribution in [0.15, 0.2) is 23.1 Å². The zero-order valence-corrected chi connectivity index (χ0v) is 16.0. The largest absolute Gasteiger partial charge is 0.337 e. The van der Waals surface area contributed by atoms with Gasteiger partial charge in [0.25, 0.3) is 11.5 Å². The van der Waals surface area contributed by atoms with Crippen molar-refractivity contribution in [2.45, 2.75) is 44.4 Å². The normalized spacial score (nSPS) is 19.8. The summed E-state index contributed by atoms with van der Waals surface area (Å²) in [5, 5.41) is 7.38. The van der Waals surface area contributed by atoms with Crippen molar-refractivity contribution in [2.24, 2.45) is 7.05 Å². The number of nitrogens with one attached hydrogen (secondary N) is 1. The molecule has 0 saturated carbocycles. The molecule has 3 aromatic rings. The quantitative estimate of drug-likeness (QED) is 0.732. The Labute approximate surface area is 162 Å². The van der Waals surface area contributed by atoms with E-state index >= 15 is 0 Å². The van der Waals surface area contributed by atoms with Crippen molar-refractivity contribution in [3.05, 3.63) is 51.3 Å². The van der Waals surface area contributed by atoms with Crippen LogP contribution in [0.2, 0.25) is 0 Å². The second-order valence-electron chi connectivity index (χ2n) is 7.88. The zero-order chi connectivity index (χ0) is 19.3. The number of aryl methyl sites for hydroxylation is 2. The third-order valence-corrected chi connectivity index (χ3v) is 6.09. The Hall–Kier alpha value is -2.90. The number of aromatic nitrogens is 5. The van der Waals surface area contributed by atoms with E-state index in [0.29, 0.717) is 17.9 Å². The van der Waals surface area contributed by atoms with Gasteiger partial charge in [-0.2, -0.15) is 5.10 Å². The van der Waals surface area contributed by atoms with Gasteiger partial charge in [-0.15, -0.1) is 0 Å². The van der Waals surface area contributed by atoms with Crippen LogP contribution in [0.25, 0.3) is 5.65 Å². The molecule has 8 nitrogen and oxygen atoms in total. The average Bonchev–Trinajstić information content (AvgIpc) is 3.34. The summed E-state index contributed by atoms with van der Waals surface area (Å²) in [6.45, 7) is 1.37. The second kappa shape index (κ2) is 6.61. The molecular formula is C20H24N6O2. The van der Waals surface area contributed by atoms with Gasteiger partial charge in [0.1, 0.15) is 5.69 Å². The molecule has 146 valence electrons. The van der Waals surface area contributed by atoms with Gasteiger partial charge in [0.2, 0.25) is 0 Å². The topological polar surface area (TPSA) is 88.3 Å². The average molecular weight is 380 g/mol. The van der Waals surface area contributed by atoms with E-state index in [1.807, 2.05) is 11.0 Å². The van der Waals surface area contributed by atoms with E-state index in [0.717, 1.165) is 62.0 Å². The standard InChI is InChI=1S/C20H24N6O2/c1-24-17(8-9-21-24)20(28)25-10-4-5-13(12-25)16-11-18-22-15-7-3-2-6-14(15)19(27)26(18)23-16/h8-9,11,13,23H,2-7,10,12H2,1H3/t13-/m0/s1. The molecule has 1 saturated heterocycles. The number of amides is 1. The molecule has 1 N–H and O–H groups in total. The van der Waals surface area contributed by atoms with Crippen molar-refractivity contribution in [1.29, 1.82) is 0 Å². The van der Waals surface area contributed by atoms with Crippen molar-refractivity contribution in [3.63, 3.8) is 0 Å². The highest BCUT2D eigenvalue weighted by atomic mass is 16.2. The summed E-state index contributed by atoms with van der Waals surface area (Å²) in [5.41, 5.74) is 4.12. The minimum atomic E-state index is 0.00608. The molecule has 0 radical (unpaired) electrons. The number of nitrogens with zero attached hydrogens (tertiary/aromatic N) is 5. The molecule has 1 atom stereocenters. The van der Waals surface area contributed by atoms with Gasteiger partial charge in [-0.3, -0.25) is 19.4 Å². The number of hydrogen-bond acceptors (Lipinski definition) is 4. The predicted octanol–water partition coefficient (Wildman–Crippen LogP) is 1.65. The molecule has 0 bridgehead atoms. The summed E-state index contributed by atoms with van der Waals surface area (Å²) in [5.74, 6) is 0.177. The molecule has 0 spiro atoms. The molecule has 28 heavy (non-hydrogen) atoms. The SMILES string of the molecule is Cn1nccc1C(=O)N1CCC[C@H](c2cc3nc4c(c(=O)n3[nH]2)CCCC4)C1. The molecule has 2 aliphatic rings. The van der Waals surface area contributed by atoms with Gasteiger partial charge in [-0.1, -0.05) is 0 Å². The number of rotatable bonds is 2. The minimum Gasteiger partial charge on any atom is -0.337 e. The molecule has 0 unspecified atom stereocenters. The molecule has 1 aliphatic carbocycles. The number of hydrogen-bond donors (Lipinski definition) is 1. The molecule has 1 aliphatic heterocycles. The number of H-pyrrole nitrogens is 1. The molecular weight excluding hydrogens is 356 g/mol. The van der Waals surface area contributed by atoms with Crippen LogP contribution in [0.5, 0.6) is 0 Å². The van der Waals surface area contributed by atoms with Gasteiger partial charge in [-0.05, 0) is 44.6 Å². The van der Waals surface area contributed by atoms with Gasteiger partial charge in [-0.25, -0.2) is 9.50 Å². The lowest BCUT2D eigenvalue weighted by Gasteiger charge is -2.32. The summed E-state index contributed by atoms with van der Waals surface area (Å²) >= 11 is 0. The predicted molar refractivity (Wildman–Crippen MR) is 104 cm³/mol. The number of carbonyl (C=O) groups excluding carboxylic acids is 1. The lowest BCUT2D eigenvalue weighted by atomic mass is 9.94. The fourth-order valence-corrected chi connectivity index (χ4v) is 4.55. The van der Waals surface area contributed by atoms with E-state index in [4.69, 9.17) is 4.98 Å². The van der Waals surface area contributed by atoms with Gasteiger partial charge < -0.3 is 4.90 Å². The molecule has 4 heterocycles. The van der Waals surface area contributed by atoms with Crippen LogP contribution in [0.3, 0.4) is 0 Å². The van der Waals surface area contributed by atoms with Crippen molar-refractivity contribution < 1.29 is 4.79 Å². The van der Waals surface area contributed by atoms with Crippen LogP contribution in [0.1, 0.15) is 59.0 Å². The number of carbonyl (C=O) groups is 1. The lowest BCUT2D eigenvalue weighted by Crippen LogP contribution is -2.40. The van der Waals surface area contributed by atoms with Crippen LogP contribution >= 0.6 is 0 Å². The Balaban J connectivity index is 1.45. The Morgan fingerprint density at radius 2 is 2.11 bits per heavy atom. The van der Waals surface area contributed by atoms with E-state index in [1.165, 1.54) is 0 Å². The first kappa shape index (κ1) is 17.2. The highest BCUT2D eigenvalue weighted by molar-refractivity contribution is 5.92. The number of aromatic amines is 1. The fraction of sp³-hybridized carbons (Fsp3) is 0.500. The molecule has 0 aromatic carbocycles. The summed E-state index contributed by atoms with van der Waals surface area (Å²) in [7, 11) is 1.78. The maximum absolute atomic E-state index is 12.9. The number of fused-ring (bicyclic) bond motifs is 2. The second-order valence-corrected chi connectivity index (χ2v) is 7.88. The summed E-state index contributed by atoms with van der Waals surface area (Å²) in [4.78, 5) is 32.3. The minimum absolute atomic E-state index is 0.00608. The monoisotopic (exact) mass is 380 g/mol. The maximum atomic E-state index is 12.9. The van der Waals surface area contributed by atoms with Gasteiger partial charge >= 0.3 is 0 Å². The van der Waals surface area contributed by atoms with Crippen LogP contribution in [-0.2, 0) is 19.9 Å². The first-order valence-electron chi connectivity index (χ1n) is 10.0. The third-order valence-electron chi connectivity index (χ3n) is 6.09. The highest BCUT2D eigenvalue weighted by Gasteiger charge is 2.28. The summed E-state index contributed by atoms with van der Waals surface area (Å²) in [6.07, 6.45) is 7.41. The Morgan fingerprint density at radius 1 is 1.25 bits per heavy atom. The fourth-order valence-electron chi connectivity index (χ4n) is 4.55. The number of likely N-dealkylation sites (tertiary alicyclic amines) is 1. The van der Waals surface area contributed by atoms with E-state index in [2.05, 4.69) is 10.2 Å². The lowest BCUT2D eigenvalue weighted by molar-refractivity contribution is 0.0694. The maximum Gasteiger partial charge on any atom is 0.276 e. The van der Waals surface area contributed by atoms with E-state index in [9.17, 15) is 9.59 Å². The van der Waals surface area contributed by atoms with E-state index in [-0.39, 0.29) is 17.4 Å². The summed E-state index contributed by atoms with van der Waals surface area (Å²) in [6, 6.07) is 3.74. The van der Waals surface area contributed by atoms with Crippen molar-refractivity contribution >= 4 is 11.6 Å². The van der Waals surface area contributed by atoms with Crippen LogP contribution in [0.4, 0.5) is 0 Å². The van der Waals surface area contributed by atoms with E-state index < -0.39 is 0 Å². The molecule has 8 heteroatoms. The smallest absolute Gasteiger partial charge is 0.276 e. The Morgan fingerprint density at radius 3 is 2.93 bits per heavy atom. The third kappa shape index (κ3) is 2.75.